The van der Waals surface area contributed by atoms with Crippen LogP contribution in [-0.4, -0.2) is 29.1 Å². The van der Waals surface area contributed by atoms with Crippen LogP contribution in [0.2, 0.25) is 10.0 Å². The standard InChI is InChI=1S/C21H21Cl2N3O2S/c1-2-3-11-28-18-10-5-4-7-14(18)13-24-26-21-25-20(27)19(29-21)12-15-16(22)8-6-9-17(15)23/h4-10,13,19H,2-3,11-12H2,1H3,(H,25,26,27)/b24-13-/t19-/m1/s1. The van der Waals surface area contributed by atoms with E-state index >= 15 is 0 Å². The molecule has 0 bridgehead atoms. The van der Waals surface area contributed by atoms with E-state index in [2.05, 4.69) is 22.4 Å². The first kappa shape index (κ1) is 21.7. The van der Waals surface area contributed by atoms with Gasteiger partial charge in [-0.2, -0.15) is 5.10 Å². The molecule has 1 fully saturated rings. The number of carbonyl (C=O) groups excluding carboxylic acids is 1. The van der Waals surface area contributed by atoms with Gasteiger partial charge in [-0.25, -0.2) is 0 Å². The molecule has 1 aliphatic rings. The van der Waals surface area contributed by atoms with E-state index in [-0.39, 0.29) is 11.2 Å². The number of rotatable bonds is 8. The maximum atomic E-state index is 12.3. The summed E-state index contributed by atoms with van der Waals surface area (Å²) in [5.41, 5.74) is 1.59. The third-order valence-electron chi connectivity index (χ3n) is 4.25. The fourth-order valence-electron chi connectivity index (χ4n) is 2.69. The molecule has 0 unspecified atom stereocenters. The fourth-order valence-corrected chi connectivity index (χ4v) is 4.18. The number of ether oxygens (including phenoxy) is 1. The monoisotopic (exact) mass is 449 g/mol. The predicted octanol–water partition coefficient (Wildman–Crippen LogP) is 5.34. The van der Waals surface area contributed by atoms with Gasteiger partial charge in [0.2, 0.25) is 5.91 Å². The second-order valence-electron chi connectivity index (χ2n) is 6.39. The minimum absolute atomic E-state index is 0.136. The normalized spacial score (nSPS) is 17.8. The third kappa shape index (κ3) is 5.98. The van der Waals surface area contributed by atoms with Crippen molar-refractivity contribution < 1.29 is 9.53 Å². The summed E-state index contributed by atoms with van der Waals surface area (Å²) in [6.45, 7) is 2.78. The smallest absolute Gasteiger partial charge is 0.239 e. The number of halogens is 2. The van der Waals surface area contributed by atoms with Crippen LogP contribution in [0.15, 0.2) is 52.7 Å². The first-order valence-corrected chi connectivity index (χ1v) is 10.9. The molecule has 1 amide bonds. The fraction of sp³-hybridized carbons (Fsp3) is 0.286. The maximum absolute atomic E-state index is 12.3. The van der Waals surface area contributed by atoms with E-state index in [1.54, 1.807) is 24.4 Å². The van der Waals surface area contributed by atoms with E-state index < -0.39 is 0 Å². The molecular weight excluding hydrogens is 429 g/mol. The van der Waals surface area contributed by atoms with Crippen molar-refractivity contribution in [2.45, 2.75) is 31.4 Å². The van der Waals surface area contributed by atoms with E-state index in [4.69, 9.17) is 27.9 Å². The molecule has 8 heteroatoms. The highest BCUT2D eigenvalue weighted by molar-refractivity contribution is 8.15. The zero-order valence-electron chi connectivity index (χ0n) is 15.9. The quantitative estimate of drug-likeness (QED) is 0.336. The van der Waals surface area contributed by atoms with Crippen LogP contribution in [0.25, 0.3) is 0 Å². The number of para-hydroxylation sites is 1. The van der Waals surface area contributed by atoms with Crippen molar-refractivity contribution in [1.82, 2.24) is 5.32 Å². The summed E-state index contributed by atoms with van der Waals surface area (Å²) in [5.74, 6) is 0.627. The van der Waals surface area contributed by atoms with Gasteiger partial charge in [0.05, 0.1) is 18.1 Å². The summed E-state index contributed by atoms with van der Waals surface area (Å²) < 4.78 is 5.78. The minimum Gasteiger partial charge on any atom is -0.493 e. The van der Waals surface area contributed by atoms with Crippen molar-refractivity contribution in [2.75, 3.05) is 6.61 Å². The lowest BCUT2D eigenvalue weighted by atomic mass is 10.1. The number of carbonyl (C=O) groups is 1. The zero-order valence-corrected chi connectivity index (χ0v) is 18.2. The molecule has 0 saturated carbocycles. The number of nitrogens with one attached hydrogen (secondary N) is 1. The van der Waals surface area contributed by atoms with Gasteiger partial charge < -0.3 is 10.1 Å². The Hall–Kier alpha value is -2.02. The number of nitrogens with zero attached hydrogens (tertiary/aromatic N) is 2. The molecular formula is C21H21Cl2N3O2S. The second kappa shape index (κ2) is 10.7. The first-order chi connectivity index (χ1) is 14.1. The average molecular weight is 450 g/mol. The van der Waals surface area contributed by atoms with E-state index in [0.29, 0.717) is 28.2 Å². The van der Waals surface area contributed by atoms with Gasteiger partial charge >= 0.3 is 0 Å². The Morgan fingerprint density at radius 2 is 1.93 bits per heavy atom. The van der Waals surface area contributed by atoms with Gasteiger partial charge in [0, 0.05) is 15.6 Å². The maximum Gasteiger partial charge on any atom is 0.239 e. The van der Waals surface area contributed by atoms with Crippen LogP contribution in [0.4, 0.5) is 0 Å². The number of hydrogen-bond donors (Lipinski definition) is 1. The largest absolute Gasteiger partial charge is 0.493 e. The van der Waals surface area contributed by atoms with Gasteiger partial charge in [-0.15, -0.1) is 5.10 Å². The van der Waals surface area contributed by atoms with Crippen molar-refractivity contribution in [3.8, 4) is 5.75 Å². The number of unbranched alkanes of at least 4 members (excludes halogenated alkanes) is 1. The van der Waals surface area contributed by atoms with Crippen molar-refractivity contribution in [3.63, 3.8) is 0 Å². The van der Waals surface area contributed by atoms with Gasteiger partial charge in [0.1, 0.15) is 5.75 Å². The predicted molar refractivity (Wildman–Crippen MR) is 122 cm³/mol. The molecule has 0 aromatic heterocycles. The Morgan fingerprint density at radius 3 is 2.69 bits per heavy atom. The number of amides is 1. The highest BCUT2D eigenvalue weighted by atomic mass is 35.5. The third-order valence-corrected chi connectivity index (χ3v) is 6.03. The summed E-state index contributed by atoms with van der Waals surface area (Å²) in [6, 6.07) is 13.0. The minimum atomic E-state index is -0.356. The van der Waals surface area contributed by atoms with Crippen LogP contribution in [0.1, 0.15) is 30.9 Å². The Kier molecular flexibility index (Phi) is 7.98. The molecule has 29 heavy (non-hydrogen) atoms. The average Bonchev–Trinajstić information content (AvgIpc) is 3.05. The van der Waals surface area contributed by atoms with Gasteiger partial charge in [0.15, 0.2) is 5.17 Å². The SMILES string of the molecule is CCCCOc1ccccc1/C=N\N=C1/NC(=O)[C@@H](Cc2c(Cl)cccc2Cl)S1. The number of thioether (sulfide) groups is 1. The van der Waals surface area contributed by atoms with Crippen LogP contribution >= 0.6 is 35.0 Å². The summed E-state index contributed by atoms with van der Waals surface area (Å²) in [5, 5.41) is 12.2. The van der Waals surface area contributed by atoms with Crippen LogP contribution in [-0.2, 0) is 11.2 Å². The molecule has 0 aliphatic carbocycles. The zero-order chi connectivity index (χ0) is 20.6. The van der Waals surface area contributed by atoms with Crippen molar-refractivity contribution in [1.29, 1.82) is 0 Å². The molecule has 1 atom stereocenters. The molecule has 5 nitrogen and oxygen atoms in total. The molecule has 1 heterocycles. The van der Waals surface area contributed by atoms with Gasteiger partial charge in [0.25, 0.3) is 0 Å². The summed E-state index contributed by atoms with van der Waals surface area (Å²) in [7, 11) is 0. The van der Waals surface area contributed by atoms with Crippen LogP contribution < -0.4 is 10.1 Å². The molecule has 1 saturated heterocycles. The highest BCUT2D eigenvalue weighted by Gasteiger charge is 2.31. The summed E-state index contributed by atoms with van der Waals surface area (Å²) >= 11 is 13.7. The molecule has 0 radical (unpaired) electrons. The van der Waals surface area contributed by atoms with Gasteiger partial charge in [-0.05, 0) is 42.7 Å². The molecule has 2 aromatic rings. The number of benzene rings is 2. The van der Waals surface area contributed by atoms with Crippen LogP contribution in [0.5, 0.6) is 5.75 Å². The lowest BCUT2D eigenvalue weighted by Gasteiger charge is -2.09. The Balaban J connectivity index is 1.65. The van der Waals surface area contributed by atoms with E-state index in [1.165, 1.54) is 11.8 Å². The molecule has 3 rings (SSSR count). The van der Waals surface area contributed by atoms with Crippen molar-refractivity contribution in [3.05, 3.63) is 63.6 Å². The van der Waals surface area contributed by atoms with E-state index in [1.807, 2.05) is 24.3 Å². The first-order valence-electron chi connectivity index (χ1n) is 9.31. The Labute approximate surface area is 184 Å². The molecule has 0 spiro atoms. The van der Waals surface area contributed by atoms with Crippen LogP contribution in [0, 0.1) is 0 Å². The lowest BCUT2D eigenvalue weighted by Crippen LogP contribution is -2.26. The Bertz CT molecular complexity index is 914. The van der Waals surface area contributed by atoms with Gasteiger partial charge in [-0.1, -0.05) is 66.5 Å². The Morgan fingerprint density at radius 1 is 1.17 bits per heavy atom. The second-order valence-corrected chi connectivity index (χ2v) is 8.40. The van der Waals surface area contributed by atoms with Crippen molar-refractivity contribution in [2.24, 2.45) is 10.2 Å². The molecule has 152 valence electrons. The topological polar surface area (TPSA) is 63.1 Å². The van der Waals surface area contributed by atoms with E-state index in [0.717, 1.165) is 29.7 Å². The summed E-state index contributed by atoms with van der Waals surface area (Å²) in [4.78, 5) is 12.3. The number of amidine groups is 1. The number of hydrogen-bond acceptors (Lipinski definition) is 5. The van der Waals surface area contributed by atoms with Gasteiger partial charge in [-0.3, -0.25) is 4.79 Å². The van der Waals surface area contributed by atoms with Crippen molar-refractivity contribution >= 4 is 52.3 Å². The molecule has 2 aromatic carbocycles. The molecule has 1 aliphatic heterocycles. The molecule has 1 N–H and O–H groups in total. The van der Waals surface area contributed by atoms with E-state index in [9.17, 15) is 4.79 Å². The highest BCUT2D eigenvalue weighted by Crippen LogP contribution is 2.30. The van der Waals surface area contributed by atoms with Crippen LogP contribution in [0.3, 0.4) is 0 Å². The lowest BCUT2D eigenvalue weighted by molar-refractivity contribution is -0.118. The summed E-state index contributed by atoms with van der Waals surface area (Å²) in [6.07, 6.45) is 4.11.